The Morgan fingerprint density at radius 2 is 2.29 bits per heavy atom. The highest BCUT2D eigenvalue weighted by molar-refractivity contribution is 7.11. The first-order valence-electron chi connectivity index (χ1n) is 4.37. The molecule has 0 aliphatic heterocycles. The maximum absolute atomic E-state index is 5.73. The van der Waals surface area contributed by atoms with Crippen LogP contribution in [0.4, 0.5) is 5.82 Å². The number of hydrogen-bond donors (Lipinski definition) is 1. The van der Waals surface area contributed by atoms with Crippen molar-refractivity contribution in [2.24, 2.45) is 0 Å². The molecule has 0 radical (unpaired) electrons. The molecule has 2 aromatic rings. The molecular formula is C9H12N4S. The molecule has 2 rings (SSSR count). The minimum absolute atomic E-state index is 0.690. The maximum atomic E-state index is 5.73. The van der Waals surface area contributed by atoms with Gasteiger partial charge in [0.05, 0.1) is 23.4 Å². The second kappa shape index (κ2) is 3.42. The predicted molar refractivity (Wildman–Crippen MR) is 57.3 cm³/mol. The Morgan fingerprint density at radius 1 is 1.50 bits per heavy atom. The van der Waals surface area contributed by atoms with E-state index in [0.29, 0.717) is 5.82 Å². The zero-order valence-corrected chi connectivity index (χ0v) is 9.01. The molecule has 0 aliphatic rings. The average molecular weight is 208 g/mol. The van der Waals surface area contributed by atoms with E-state index in [1.54, 1.807) is 28.3 Å². The summed E-state index contributed by atoms with van der Waals surface area (Å²) in [4.78, 5) is 5.58. The van der Waals surface area contributed by atoms with Crippen LogP contribution >= 0.6 is 11.3 Å². The molecule has 0 amide bonds. The number of aromatic nitrogens is 3. The van der Waals surface area contributed by atoms with Crippen LogP contribution in [0.2, 0.25) is 0 Å². The van der Waals surface area contributed by atoms with Gasteiger partial charge < -0.3 is 5.73 Å². The van der Waals surface area contributed by atoms with Crippen LogP contribution in [0.25, 0.3) is 0 Å². The Hall–Kier alpha value is -1.36. The number of hydrogen-bond acceptors (Lipinski definition) is 4. The van der Waals surface area contributed by atoms with Gasteiger partial charge in [-0.05, 0) is 19.9 Å². The monoisotopic (exact) mass is 208 g/mol. The number of thiazole rings is 1. The van der Waals surface area contributed by atoms with Gasteiger partial charge in [0.15, 0.2) is 0 Å². The molecule has 74 valence electrons. The van der Waals surface area contributed by atoms with Gasteiger partial charge in [-0.1, -0.05) is 0 Å². The Bertz CT molecular complexity index is 443. The molecule has 0 fully saturated rings. The number of rotatable bonds is 2. The van der Waals surface area contributed by atoms with E-state index in [2.05, 4.69) is 10.1 Å². The number of aryl methyl sites for hydroxylation is 2. The zero-order chi connectivity index (χ0) is 10.1. The first-order valence-corrected chi connectivity index (χ1v) is 5.18. The van der Waals surface area contributed by atoms with E-state index in [4.69, 9.17) is 5.73 Å². The molecular weight excluding hydrogens is 196 g/mol. The van der Waals surface area contributed by atoms with Gasteiger partial charge in [-0.3, -0.25) is 0 Å². The number of nitrogen functional groups attached to an aromatic ring is 1. The van der Waals surface area contributed by atoms with Crippen LogP contribution in [-0.2, 0) is 6.54 Å². The summed E-state index contributed by atoms with van der Waals surface area (Å²) in [6.07, 6.45) is 1.71. The molecule has 0 saturated heterocycles. The lowest BCUT2D eigenvalue weighted by atomic mass is 10.4. The van der Waals surface area contributed by atoms with Gasteiger partial charge in [-0.25, -0.2) is 9.67 Å². The van der Waals surface area contributed by atoms with Crippen LogP contribution in [0.3, 0.4) is 0 Å². The third-order valence-corrected chi connectivity index (χ3v) is 3.10. The second-order valence-electron chi connectivity index (χ2n) is 3.16. The lowest BCUT2D eigenvalue weighted by Gasteiger charge is -2.01. The predicted octanol–water partition coefficient (Wildman–Crippen LogP) is 1.59. The molecule has 2 aromatic heterocycles. The molecule has 0 bridgehead atoms. The topological polar surface area (TPSA) is 56.7 Å². The summed E-state index contributed by atoms with van der Waals surface area (Å²) in [6, 6.07) is 1.79. The van der Waals surface area contributed by atoms with Crippen LogP contribution in [0.15, 0.2) is 12.3 Å². The van der Waals surface area contributed by atoms with E-state index in [9.17, 15) is 0 Å². The summed E-state index contributed by atoms with van der Waals surface area (Å²) < 4.78 is 1.78. The summed E-state index contributed by atoms with van der Waals surface area (Å²) in [7, 11) is 0. The normalized spacial score (nSPS) is 10.7. The summed E-state index contributed by atoms with van der Waals surface area (Å²) in [5.74, 6) is 0.690. The van der Waals surface area contributed by atoms with Crippen LogP contribution in [0.1, 0.15) is 15.6 Å². The van der Waals surface area contributed by atoms with Crippen molar-refractivity contribution in [1.29, 1.82) is 0 Å². The zero-order valence-electron chi connectivity index (χ0n) is 8.19. The van der Waals surface area contributed by atoms with Crippen molar-refractivity contribution in [3.8, 4) is 0 Å². The van der Waals surface area contributed by atoms with E-state index >= 15 is 0 Å². The highest BCUT2D eigenvalue weighted by Gasteiger charge is 2.06. The van der Waals surface area contributed by atoms with Crippen molar-refractivity contribution >= 4 is 17.2 Å². The van der Waals surface area contributed by atoms with Crippen LogP contribution in [0, 0.1) is 13.8 Å². The molecule has 0 atom stereocenters. The Morgan fingerprint density at radius 3 is 2.79 bits per heavy atom. The molecule has 4 nitrogen and oxygen atoms in total. The van der Waals surface area contributed by atoms with E-state index < -0.39 is 0 Å². The van der Waals surface area contributed by atoms with Gasteiger partial charge in [0.1, 0.15) is 5.82 Å². The number of nitrogens with two attached hydrogens (primary N) is 1. The lowest BCUT2D eigenvalue weighted by Crippen LogP contribution is -2.05. The van der Waals surface area contributed by atoms with Gasteiger partial charge in [0, 0.05) is 4.88 Å². The lowest BCUT2D eigenvalue weighted by molar-refractivity contribution is 0.701. The number of nitrogens with zero attached hydrogens (tertiary/aromatic N) is 3. The molecule has 0 aromatic carbocycles. The van der Waals surface area contributed by atoms with E-state index in [-0.39, 0.29) is 0 Å². The fourth-order valence-electron chi connectivity index (χ4n) is 1.33. The first-order chi connectivity index (χ1) is 6.66. The molecule has 0 aliphatic carbocycles. The Labute approximate surface area is 86.4 Å². The summed E-state index contributed by atoms with van der Waals surface area (Å²) >= 11 is 1.69. The molecule has 0 spiro atoms. The second-order valence-corrected chi connectivity index (χ2v) is 4.44. The summed E-state index contributed by atoms with van der Waals surface area (Å²) in [6.45, 7) is 4.74. The molecule has 0 saturated carbocycles. The maximum Gasteiger partial charge on any atom is 0.122 e. The Balaban J connectivity index is 2.27. The van der Waals surface area contributed by atoms with Crippen molar-refractivity contribution < 1.29 is 0 Å². The Kier molecular flexibility index (Phi) is 2.25. The van der Waals surface area contributed by atoms with E-state index in [0.717, 1.165) is 17.2 Å². The van der Waals surface area contributed by atoms with Gasteiger partial charge in [0.2, 0.25) is 0 Å². The molecule has 2 heterocycles. The molecule has 5 heteroatoms. The quantitative estimate of drug-likeness (QED) is 0.815. The third-order valence-electron chi connectivity index (χ3n) is 2.04. The SMILES string of the molecule is Cc1nc(C)c(Cn2nccc2N)s1. The van der Waals surface area contributed by atoms with Gasteiger partial charge in [0.25, 0.3) is 0 Å². The van der Waals surface area contributed by atoms with Crippen molar-refractivity contribution in [3.63, 3.8) is 0 Å². The van der Waals surface area contributed by atoms with Crippen LogP contribution < -0.4 is 5.73 Å². The van der Waals surface area contributed by atoms with Gasteiger partial charge >= 0.3 is 0 Å². The minimum Gasteiger partial charge on any atom is -0.384 e. The molecule has 2 N–H and O–H groups in total. The fraction of sp³-hybridized carbons (Fsp3) is 0.333. The average Bonchev–Trinajstić information content (AvgIpc) is 2.62. The largest absolute Gasteiger partial charge is 0.384 e. The van der Waals surface area contributed by atoms with E-state index in [1.165, 1.54) is 4.88 Å². The van der Waals surface area contributed by atoms with Crippen molar-refractivity contribution in [2.75, 3.05) is 5.73 Å². The van der Waals surface area contributed by atoms with Gasteiger partial charge in [-0.2, -0.15) is 5.10 Å². The highest BCUT2D eigenvalue weighted by Crippen LogP contribution is 2.18. The highest BCUT2D eigenvalue weighted by atomic mass is 32.1. The van der Waals surface area contributed by atoms with Crippen molar-refractivity contribution in [2.45, 2.75) is 20.4 Å². The third kappa shape index (κ3) is 1.63. The summed E-state index contributed by atoms with van der Waals surface area (Å²) in [5, 5.41) is 5.22. The van der Waals surface area contributed by atoms with Crippen molar-refractivity contribution in [3.05, 3.63) is 27.8 Å². The summed E-state index contributed by atoms with van der Waals surface area (Å²) in [5.41, 5.74) is 6.80. The van der Waals surface area contributed by atoms with Crippen molar-refractivity contribution in [1.82, 2.24) is 14.8 Å². The smallest absolute Gasteiger partial charge is 0.122 e. The first kappa shape index (κ1) is 9.21. The number of anilines is 1. The van der Waals surface area contributed by atoms with Crippen LogP contribution in [0.5, 0.6) is 0 Å². The molecule has 0 unspecified atom stereocenters. The van der Waals surface area contributed by atoms with Gasteiger partial charge in [-0.15, -0.1) is 11.3 Å². The molecule has 14 heavy (non-hydrogen) atoms. The standard InChI is InChI=1S/C9H12N4S/c1-6-8(14-7(2)12-6)5-13-9(10)3-4-11-13/h3-4H,5,10H2,1-2H3. The van der Waals surface area contributed by atoms with Crippen LogP contribution in [-0.4, -0.2) is 14.8 Å². The van der Waals surface area contributed by atoms with E-state index in [1.807, 2.05) is 13.8 Å². The fourth-order valence-corrected chi connectivity index (χ4v) is 2.25. The minimum atomic E-state index is 0.690.